The summed E-state index contributed by atoms with van der Waals surface area (Å²) in [5.41, 5.74) is 3.93. The van der Waals surface area contributed by atoms with Gasteiger partial charge in [0, 0.05) is 30.8 Å². The molecular formula is C19H24N4O2. The number of likely N-dealkylation sites (tertiary alicyclic amines) is 1. The van der Waals surface area contributed by atoms with Crippen LogP contribution in [-0.4, -0.2) is 39.6 Å². The normalized spacial score (nSPS) is 14.6. The zero-order valence-corrected chi connectivity index (χ0v) is 14.8. The summed E-state index contributed by atoms with van der Waals surface area (Å²) < 4.78 is 1.89. The first kappa shape index (κ1) is 17.2. The molecule has 0 bridgehead atoms. The van der Waals surface area contributed by atoms with Gasteiger partial charge in [-0.15, -0.1) is 0 Å². The lowest BCUT2D eigenvalue weighted by Gasteiger charge is -2.25. The van der Waals surface area contributed by atoms with Gasteiger partial charge in [0.25, 0.3) is 0 Å². The molecule has 0 aliphatic carbocycles. The van der Waals surface area contributed by atoms with Gasteiger partial charge < -0.3 is 10.2 Å². The number of hydrogen-bond donors (Lipinski definition) is 1. The Morgan fingerprint density at radius 2 is 1.96 bits per heavy atom. The fraction of sp³-hybridized carbons (Fsp3) is 0.421. The highest BCUT2D eigenvalue weighted by atomic mass is 16.2. The Balaban J connectivity index is 1.64. The number of carbonyl (C=O) groups excluding carboxylic acids is 2. The van der Waals surface area contributed by atoms with Crippen molar-refractivity contribution in [1.29, 1.82) is 0 Å². The molecule has 0 unspecified atom stereocenters. The number of carbonyl (C=O) groups is 2. The summed E-state index contributed by atoms with van der Waals surface area (Å²) in [5, 5.41) is 7.51. The number of amides is 2. The second-order valence-corrected chi connectivity index (χ2v) is 6.45. The lowest BCUT2D eigenvalue weighted by molar-refractivity contribution is -0.137. The Hall–Kier alpha value is -2.63. The van der Waals surface area contributed by atoms with Crippen molar-refractivity contribution in [2.45, 2.75) is 39.7 Å². The van der Waals surface area contributed by atoms with E-state index in [0.29, 0.717) is 19.5 Å². The van der Waals surface area contributed by atoms with E-state index in [1.54, 1.807) is 4.90 Å². The van der Waals surface area contributed by atoms with Crippen LogP contribution in [0.4, 0.5) is 0 Å². The second kappa shape index (κ2) is 7.51. The van der Waals surface area contributed by atoms with Crippen molar-refractivity contribution in [2.75, 3.05) is 13.1 Å². The molecule has 0 radical (unpaired) electrons. The van der Waals surface area contributed by atoms with Gasteiger partial charge in [0.2, 0.25) is 11.8 Å². The lowest BCUT2D eigenvalue weighted by Crippen LogP contribution is -2.42. The van der Waals surface area contributed by atoms with Crippen LogP contribution in [0.25, 0.3) is 5.69 Å². The van der Waals surface area contributed by atoms with E-state index in [4.69, 9.17) is 0 Å². The fourth-order valence-corrected chi connectivity index (χ4v) is 3.20. The van der Waals surface area contributed by atoms with E-state index in [1.807, 2.05) is 48.9 Å². The summed E-state index contributed by atoms with van der Waals surface area (Å²) in [7, 11) is 0. The molecule has 25 heavy (non-hydrogen) atoms. The highest BCUT2D eigenvalue weighted by molar-refractivity contribution is 5.85. The molecular weight excluding hydrogens is 316 g/mol. The molecule has 1 aliphatic heterocycles. The molecule has 1 saturated heterocycles. The third-order valence-electron chi connectivity index (χ3n) is 4.66. The van der Waals surface area contributed by atoms with E-state index in [-0.39, 0.29) is 18.4 Å². The number of hydrogen-bond acceptors (Lipinski definition) is 3. The van der Waals surface area contributed by atoms with Crippen molar-refractivity contribution in [3.8, 4) is 5.69 Å². The number of rotatable bonds is 5. The molecule has 1 aliphatic rings. The zero-order valence-electron chi connectivity index (χ0n) is 14.8. The number of nitrogens with one attached hydrogen (secondary N) is 1. The average Bonchev–Trinajstić information content (AvgIpc) is 2.90. The molecule has 1 aromatic carbocycles. The molecule has 132 valence electrons. The summed E-state index contributed by atoms with van der Waals surface area (Å²) in [5.74, 6) is -0.0489. The van der Waals surface area contributed by atoms with E-state index >= 15 is 0 Å². The van der Waals surface area contributed by atoms with Crippen LogP contribution in [0.3, 0.4) is 0 Å². The van der Waals surface area contributed by atoms with Gasteiger partial charge in [-0.2, -0.15) is 5.10 Å². The summed E-state index contributed by atoms with van der Waals surface area (Å²) in [6, 6.07) is 9.93. The van der Waals surface area contributed by atoms with Crippen molar-refractivity contribution >= 4 is 11.8 Å². The summed E-state index contributed by atoms with van der Waals surface area (Å²) in [6.07, 6.45) is 2.45. The smallest absolute Gasteiger partial charge is 0.239 e. The van der Waals surface area contributed by atoms with Crippen LogP contribution < -0.4 is 5.32 Å². The average molecular weight is 340 g/mol. The number of nitrogens with zero attached hydrogens (tertiary/aromatic N) is 3. The highest BCUT2D eigenvalue weighted by Gasteiger charge is 2.21. The lowest BCUT2D eigenvalue weighted by atomic mass is 10.1. The van der Waals surface area contributed by atoms with Gasteiger partial charge in [0.1, 0.15) is 0 Å². The first-order chi connectivity index (χ1) is 12.1. The standard InChI is InChI=1S/C19H24N4O2/c1-14-17(15(2)23(21-14)16-8-4-3-5-9-16)12-20-18(24)13-22-11-7-6-10-19(22)25/h3-5,8-9H,6-7,10-13H2,1-2H3,(H,20,24). The molecule has 2 amide bonds. The minimum atomic E-state index is -0.124. The number of aromatic nitrogens is 2. The number of para-hydroxylation sites is 1. The second-order valence-electron chi connectivity index (χ2n) is 6.45. The quantitative estimate of drug-likeness (QED) is 0.906. The Bertz CT molecular complexity index is 767. The Morgan fingerprint density at radius 3 is 2.68 bits per heavy atom. The van der Waals surface area contributed by atoms with Gasteiger partial charge in [0.05, 0.1) is 17.9 Å². The molecule has 1 fully saturated rings. The first-order valence-electron chi connectivity index (χ1n) is 8.71. The van der Waals surface area contributed by atoms with Gasteiger partial charge in [-0.3, -0.25) is 9.59 Å². The number of benzene rings is 1. The summed E-state index contributed by atoms with van der Waals surface area (Å²) in [4.78, 5) is 25.6. The van der Waals surface area contributed by atoms with E-state index in [1.165, 1.54) is 0 Å². The van der Waals surface area contributed by atoms with Crippen LogP contribution in [0.15, 0.2) is 30.3 Å². The minimum absolute atomic E-state index is 0.0747. The van der Waals surface area contributed by atoms with Crippen molar-refractivity contribution in [3.05, 3.63) is 47.3 Å². The van der Waals surface area contributed by atoms with Crippen molar-refractivity contribution < 1.29 is 9.59 Å². The van der Waals surface area contributed by atoms with Crippen LogP contribution >= 0.6 is 0 Å². The maximum Gasteiger partial charge on any atom is 0.239 e. The maximum atomic E-state index is 12.2. The van der Waals surface area contributed by atoms with Crippen molar-refractivity contribution in [1.82, 2.24) is 20.0 Å². The highest BCUT2D eigenvalue weighted by Crippen LogP contribution is 2.17. The Kier molecular flexibility index (Phi) is 5.16. The third-order valence-corrected chi connectivity index (χ3v) is 4.66. The van der Waals surface area contributed by atoms with Gasteiger partial charge in [0.15, 0.2) is 0 Å². The van der Waals surface area contributed by atoms with Gasteiger partial charge in [-0.05, 0) is 38.8 Å². The summed E-state index contributed by atoms with van der Waals surface area (Å²) in [6.45, 7) is 5.19. The monoisotopic (exact) mass is 340 g/mol. The Morgan fingerprint density at radius 1 is 1.20 bits per heavy atom. The van der Waals surface area contributed by atoms with Gasteiger partial charge in [-0.1, -0.05) is 18.2 Å². The van der Waals surface area contributed by atoms with E-state index in [9.17, 15) is 9.59 Å². The predicted molar refractivity (Wildman–Crippen MR) is 95.3 cm³/mol. The molecule has 0 atom stereocenters. The predicted octanol–water partition coefficient (Wildman–Crippen LogP) is 2.12. The fourth-order valence-electron chi connectivity index (χ4n) is 3.20. The van der Waals surface area contributed by atoms with Crippen LogP contribution in [0.1, 0.15) is 36.2 Å². The van der Waals surface area contributed by atoms with Crippen LogP contribution in [0.2, 0.25) is 0 Å². The zero-order chi connectivity index (χ0) is 17.8. The van der Waals surface area contributed by atoms with Crippen molar-refractivity contribution in [2.24, 2.45) is 0 Å². The Labute approximate surface area is 147 Å². The molecule has 0 spiro atoms. The third kappa shape index (κ3) is 3.90. The maximum absolute atomic E-state index is 12.2. The molecule has 3 rings (SSSR count). The largest absolute Gasteiger partial charge is 0.350 e. The van der Waals surface area contributed by atoms with Crippen LogP contribution in [0, 0.1) is 13.8 Å². The van der Waals surface area contributed by atoms with Crippen LogP contribution in [0.5, 0.6) is 0 Å². The molecule has 1 aromatic heterocycles. The first-order valence-corrected chi connectivity index (χ1v) is 8.71. The number of aryl methyl sites for hydroxylation is 1. The molecule has 2 aromatic rings. The van der Waals surface area contributed by atoms with Gasteiger partial charge in [-0.25, -0.2) is 4.68 Å². The topological polar surface area (TPSA) is 67.2 Å². The molecule has 1 N–H and O–H groups in total. The van der Waals surface area contributed by atoms with E-state index < -0.39 is 0 Å². The van der Waals surface area contributed by atoms with Gasteiger partial charge >= 0.3 is 0 Å². The van der Waals surface area contributed by atoms with E-state index in [0.717, 1.165) is 35.5 Å². The molecule has 2 heterocycles. The van der Waals surface area contributed by atoms with E-state index in [2.05, 4.69) is 10.4 Å². The minimum Gasteiger partial charge on any atom is -0.350 e. The van der Waals surface area contributed by atoms with Crippen LogP contribution in [-0.2, 0) is 16.1 Å². The molecule has 6 heteroatoms. The SMILES string of the molecule is Cc1nn(-c2ccccc2)c(C)c1CNC(=O)CN1CCCCC1=O. The number of piperidine rings is 1. The molecule has 6 nitrogen and oxygen atoms in total. The summed E-state index contributed by atoms with van der Waals surface area (Å²) >= 11 is 0. The van der Waals surface area contributed by atoms with Crippen molar-refractivity contribution in [3.63, 3.8) is 0 Å². The molecule has 0 saturated carbocycles.